The molecular formula is C29H27N3O6. The van der Waals surface area contributed by atoms with E-state index in [4.69, 9.17) is 14.2 Å². The largest absolute Gasteiger partial charge is 0.494 e. The minimum atomic E-state index is -0.546. The first-order valence-corrected chi connectivity index (χ1v) is 11.9. The smallest absolute Gasteiger partial charge is 0.358 e. The third-order valence-corrected chi connectivity index (χ3v) is 5.71. The van der Waals surface area contributed by atoms with E-state index in [9.17, 15) is 14.4 Å². The molecule has 0 spiro atoms. The average molecular weight is 514 g/mol. The van der Waals surface area contributed by atoms with Crippen LogP contribution in [0.2, 0.25) is 0 Å². The van der Waals surface area contributed by atoms with E-state index in [0.29, 0.717) is 45.3 Å². The van der Waals surface area contributed by atoms with Crippen LogP contribution in [0.5, 0.6) is 11.5 Å². The van der Waals surface area contributed by atoms with Gasteiger partial charge in [-0.15, -0.1) is 0 Å². The molecule has 0 aliphatic heterocycles. The highest BCUT2D eigenvalue weighted by Gasteiger charge is 2.20. The van der Waals surface area contributed by atoms with Crippen LogP contribution >= 0.6 is 0 Å². The Kier molecular flexibility index (Phi) is 7.86. The zero-order valence-electron chi connectivity index (χ0n) is 21.5. The van der Waals surface area contributed by atoms with E-state index in [1.807, 2.05) is 24.3 Å². The van der Waals surface area contributed by atoms with Gasteiger partial charge in [0.25, 0.3) is 5.91 Å². The van der Waals surface area contributed by atoms with Gasteiger partial charge >= 0.3 is 11.9 Å². The maximum atomic E-state index is 13.1. The second-order valence-electron chi connectivity index (χ2n) is 8.28. The highest BCUT2D eigenvalue weighted by atomic mass is 16.5. The van der Waals surface area contributed by atoms with E-state index in [2.05, 4.69) is 10.4 Å². The first-order valence-electron chi connectivity index (χ1n) is 11.9. The van der Waals surface area contributed by atoms with Gasteiger partial charge in [0.05, 0.1) is 19.4 Å². The van der Waals surface area contributed by atoms with Gasteiger partial charge < -0.3 is 19.5 Å². The summed E-state index contributed by atoms with van der Waals surface area (Å²) in [6.07, 6.45) is 0. The highest BCUT2D eigenvalue weighted by Crippen LogP contribution is 2.31. The Bertz CT molecular complexity index is 1510. The predicted molar refractivity (Wildman–Crippen MR) is 142 cm³/mol. The van der Waals surface area contributed by atoms with Gasteiger partial charge in [0.15, 0.2) is 5.69 Å². The average Bonchev–Trinajstić information content (AvgIpc) is 3.35. The van der Waals surface area contributed by atoms with Crippen LogP contribution in [-0.4, -0.2) is 41.3 Å². The number of aromatic nitrogens is 2. The summed E-state index contributed by atoms with van der Waals surface area (Å²) in [4.78, 5) is 37.0. The predicted octanol–water partition coefficient (Wildman–Crippen LogP) is 5.21. The summed E-state index contributed by atoms with van der Waals surface area (Å²) in [5.41, 5.74) is 3.51. The van der Waals surface area contributed by atoms with Crippen molar-refractivity contribution in [2.45, 2.75) is 20.8 Å². The van der Waals surface area contributed by atoms with Crippen molar-refractivity contribution in [3.8, 4) is 28.4 Å². The van der Waals surface area contributed by atoms with Crippen LogP contribution in [0.3, 0.4) is 0 Å². The van der Waals surface area contributed by atoms with Gasteiger partial charge in [0.1, 0.15) is 17.2 Å². The molecule has 194 valence electrons. The first-order chi connectivity index (χ1) is 18.3. The molecule has 0 fully saturated rings. The first kappa shape index (κ1) is 26.2. The van der Waals surface area contributed by atoms with Crippen LogP contribution in [-0.2, 0) is 9.53 Å². The molecule has 0 radical (unpaired) electrons. The van der Waals surface area contributed by atoms with Crippen LogP contribution in [0.1, 0.15) is 40.3 Å². The maximum absolute atomic E-state index is 13.1. The third-order valence-electron chi connectivity index (χ3n) is 5.71. The van der Waals surface area contributed by atoms with Crippen molar-refractivity contribution >= 4 is 23.5 Å². The Morgan fingerprint density at radius 3 is 2.42 bits per heavy atom. The molecule has 0 saturated carbocycles. The van der Waals surface area contributed by atoms with Gasteiger partial charge in [-0.05, 0) is 56.3 Å². The summed E-state index contributed by atoms with van der Waals surface area (Å²) >= 11 is 0. The van der Waals surface area contributed by atoms with Gasteiger partial charge in [0, 0.05) is 29.3 Å². The molecule has 9 nitrogen and oxygen atoms in total. The van der Waals surface area contributed by atoms with Crippen LogP contribution in [0.25, 0.3) is 16.9 Å². The Morgan fingerprint density at radius 2 is 1.68 bits per heavy atom. The minimum absolute atomic E-state index is 0.139. The molecule has 9 heteroatoms. The van der Waals surface area contributed by atoms with Crippen LogP contribution < -0.4 is 14.8 Å². The number of rotatable bonds is 8. The standard InChI is InChI=1S/C29H27N3O6/c1-5-37-29(35)23-17-25(32(31-23)24-13-6-7-14-27(24)36-4)20-10-8-11-21(16-20)30-28(34)22-12-9-15-26(18(22)2)38-19(3)33/h6-17H,5H2,1-4H3,(H,30,34). The Hall–Kier alpha value is -4.92. The van der Waals surface area contributed by atoms with Crippen LogP contribution in [0.4, 0.5) is 5.69 Å². The molecular weight excluding hydrogens is 486 g/mol. The molecule has 0 unspecified atom stereocenters. The van der Waals surface area contributed by atoms with Crippen molar-refractivity contribution in [3.05, 3.63) is 89.6 Å². The molecule has 0 aliphatic rings. The second-order valence-corrected chi connectivity index (χ2v) is 8.28. The minimum Gasteiger partial charge on any atom is -0.494 e. The van der Waals surface area contributed by atoms with E-state index in [1.54, 1.807) is 74.2 Å². The number of benzene rings is 3. The third kappa shape index (κ3) is 5.57. The highest BCUT2D eigenvalue weighted by molar-refractivity contribution is 6.06. The van der Waals surface area contributed by atoms with Crippen molar-refractivity contribution in [1.29, 1.82) is 0 Å². The molecule has 4 aromatic rings. The molecule has 0 aliphatic carbocycles. The van der Waals surface area contributed by atoms with Gasteiger partial charge in [-0.1, -0.05) is 30.3 Å². The number of anilines is 1. The molecule has 3 aromatic carbocycles. The van der Waals surface area contributed by atoms with Crippen LogP contribution in [0.15, 0.2) is 72.8 Å². The SMILES string of the molecule is CCOC(=O)c1cc(-c2cccc(NC(=O)c3cccc(OC(C)=O)c3C)c2)n(-c2ccccc2OC)n1. The molecule has 1 amide bonds. The van der Waals surface area contributed by atoms with Crippen molar-refractivity contribution in [2.24, 2.45) is 0 Å². The lowest BCUT2D eigenvalue weighted by molar-refractivity contribution is -0.131. The molecule has 0 atom stereocenters. The Morgan fingerprint density at radius 1 is 0.947 bits per heavy atom. The fourth-order valence-electron chi connectivity index (χ4n) is 3.96. The summed E-state index contributed by atoms with van der Waals surface area (Å²) in [7, 11) is 1.56. The van der Waals surface area contributed by atoms with E-state index in [-0.39, 0.29) is 18.2 Å². The Balaban J connectivity index is 1.72. The molecule has 38 heavy (non-hydrogen) atoms. The number of nitrogens with one attached hydrogen (secondary N) is 1. The normalized spacial score (nSPS) is 10.5. The number of nitrogens with zero attached hydrogens (tertiary/aromatic N) is 2. The van der Waals surface area contributed by atoms with E-state index in [0.717, 1.165) is 0 Å². The number of carbonyl (C=O) groups excluding carboxylic acids is 3. The van der Waals surface area contributed by atoms with Crippen molar-refractivity contribution < 1.29 is 28.6 Å². The van der Waals surface area contributed by atoms with Crippen LogP contribution in [0, 0.1) is 6.92 Å². The lowest BCUT2D eigenvalue weighted by atomic mass is 10.1. The fraction of sp³-hybridized carbons (Fsp3) is 0.172. The number of ether oxygens (including phenoxy) is 3. The van der Waals surface area contributed by atoms with Gasteiger partial charge in [-0.25, -0.2) is 9.48 Å². The zero-order valence-corrected chi connectivity index (χ0v) is 21.5. The number of methoxy groups -OCH3 is 1. The topological polar surface area (TPSA) is 109 Å². The van der Waals surface area contributed by atoms with Gasteiger partial charge in [-0.2, -0.15) is 5.10 Å². The van der Waals surface area contributed by atoms with Gasteiger partial charge in [0.2, 0.25) is 0 Å². The number of para-hydroxylation sites is 2. The van der Waals surface area contributed by atoms with E-state index >= 15 is 0 Å². The Labute approximate surface area is 220 Å². The summed E-state index contributed by atoms with van der Waals surface area (Å²) in [6, 6.07) is 21.1. The maximum Gasteiger partial charge on any atom is 0.358 e. The number of hydrogen-bond acceptors (Lipinski definition) is 7. The summed E-state index contributed by atoms with van der Waals surface area (Å²) in [5, 5.41) is 7.40. The quantitative estimate of drug-likeness (QED) is 0.254. The summed E-state index contributed by atoms with van der Waals surface area (Å²) < 4.78 is 17.5. The van der Waals surface area contributed by atoms with E-state index in [1.165, 1.54) is 6.92 Å². The second kappa shape index (κ2) is 11.4. The van der Waals surface area contributed by atoms with Crippen molar-refractivity contribution in [2.75, 3.05) is 19.0 Å². The number of carbonyl (C=O) groups is 3. The fourth-order valence-corrected chi connectivity index (χ4v) is 3.96. The summed E-state index contributed by atoms with van der Waals surface area (Å²) in [6.45, 7) is 4.97. The van der Waals surface area contributed by atoms with Gasteiger partial charge in [-0.3, -0.25) is 9.59 Å². The lowest BCUT2D eigenvalue weighted by Gasteiger charge is -2.13. The lowest BCUT2D eigenvalue weighted by Crippen LogP contribution is -2.14. The molecule has 0 bridgehead atoms. The van der Waals surface area contributed by atoms with E-state index < -0.39 is 11.9 Å². The number of esters is 2. The zero-order chi connectivity index (χ0) is 27.2. The molecule has 1 heterocycles. The molecule has 4 rings (SSSR count). The molecule has 0 saturated heterocycles. The number of hydrogen-bond donors (Lipinski definition) is 1. The van der Waals surface area contributed by atoms with Crippen molar-refractivity contribution in [1.82, 2.24) is 9.78 Å². The molecule has 1 aromatic heterocycles. The van der Waals surface area contributed by atoms with Crippen molar-refractivity contribution in [3.63, 3.8) is 0 Å². The monoisotopic (exact) mass is 513 g/mol. The molecule has 1 N–H and O–H groups in total. The summed E-state index contributed by atoms with van der Waals surface area (Å²) in [5.74, 6) is -0.479. The number of amides is 1.